The van der Waals surface area contributed by atoms with Gasteiger partial charge in [-0.05, 0) is 70.9 Å². The smallest absolute Gasteiger partial charge is 0.238 e. The van der Waals surface area contributed by atoms with Gasteiger partial charge in [0.2, 0.25) is 11.8 Å². The van der Waals surface area contributed by atoms with E-state index in [0.717, 1.165) is 9.26 Å². The van der Waals surface area contributed by atoms with Gasteiger partial charge in [-0.25, -0.2) is 4.90 Å². The Balaban J connectivity index is 1.59. The van der Waals surface area contributed by atoms with Gasteiger partial charge < -0.3 is 0 Å². The van der Waals surface area contributed by atoms with Gasteiger partial charge in [0.25, 0.3) is 0 Å². The van der Waals surface area contributed by atoms with E-state index in [9.17, 15) is 9.59 Å². The average Bonchev–Trinajstić information content (AvgIpc) is 3.05. The summed E-state index contributed by atoms with van der Waals surface area (Å²) in [7, 11) is 0. The zero-order valence-electron chi connectivity index (χ0n) is 11.3. The lowest BCUT2D eigenvalue weighted by Crippen LogP contribution is -2.34. The molecule has 1 spiro atoms. The minimum Gasteiger partial charge on any atom is -0.274 e. The van der Waals surface area contributed by atoms with Crippen molar-refractivity contribution in [2.24, 2.45) is 29.1 Å². The van der Waals surface area contributed by atoms with Crippen molar-refractivity contribution in [3.05, 3.63) is 40.0 Å². The minimum absolute atomic E-state index is 0.0233. The Kier molecular flexibility index (Phi) is 2.22. The Hall–Kier alpha value is -1.17. The molecule has 1 saturated heterocycles. The molecule has 2 saturated carbocycles. The van der Waals surface area contributed by atoms with Crippen molar-refractivity contribution >= 4 is 40.1 Å². The van der Waals surface area contributed by atoms with Crippen LogP contribution in [0.5, 0.6) is 0 Å². The number of rotatable bonds is 1. The van der Waals surface area contributed by atoms with E-state index < -0.39 is 0 Å². The summed E-state index contributed by atoms with van der Waals surface area (Å²) in [6.07, 6.45) is 6.79. The molecule has 2 bridgehead atoms. The number of amides is 2. The second kappa shape index (κ2) is 3.77. The Labute approximate surface area is 136 Å². The van der Waals surface area contributed by atoms with E-state index in [0.29, 0.717) is 11.8 Å². The molecule has 1 aliphatic heterocycles. The maximum absolute atomic E-state index is 12.9. The zero-order chi connectivity index (χ0) is 14.4. The van der Waals surface area contributed by atoms with E-state index in [1.54, 1.807) is 0 Å². The van der Waals surface area contributed by atoms with Crippen molar-refractivity contribution in [3.8, 4) is 0 Å². The first-order chi connectivity index (χ1) is 10.1. The van der Waals surface area contributed by atoms with E-state index >= 15 is 0 Å². The Bertz CT molecular complexity index is 687. The number of imide groups is 1. The van der Waals surface area contributed by atoms with Crippen LogP contribution in [-0.2, 0) is 9.59 Å². The summed E-state index contributed by atoms with van der Waals surface area (Å²) in [6, 6.07) is 7.65. The number of hydrogen-bond donors (Lipinski definition) is 0. The second-order valence-corrected chi connectivity index (χ2v) is 7.96. The van der Waals surface area contributed by atoms with E-state index in [1.807, 2.05) is 24.3 Å². The molecule has 21 heavy (non-hydrogen) atoms. The summed E-state index contributed by atoms with van der Waals surface area (Å²) in [4.78, 5) is 27.2. The van der Waals surface area contributed by atoms with Crippen molar-refractivity contribution in [2.75, 3.05) is 4.90 Å². The lowest BCUT2D eigenvalue weighted by molar-refractivity contribution is -0.123. The van der Waals surface area contributed by atoms with Crippen LogP contribution in [-0.4, -0.2) is 11.8 Å². The SMILES string of the molecule is O=C1[C@@H]2[C@@H](C(=O)N1c1cccc(I)c1)[C@H]1C=C[C@H]2C12CC2. The molecule has 1 aromatic carbocycles. The van der Waals surface area contributed by atoms with Gasteiger partial charge in [-0.3, -0.25) is 9.59 Å². The monoisotopic (exact) mass is 391 g/mol. The maximum Gasteiger partial charge on any atom is 0.238 e. The predicted molar refractivity (Wildman–Crippen MR) is 86.4 cm³/mol. The molecule has 0 unspecified atom stereocenters. The van der Waals surface area contributed by atoms with Crippen LogP contribution >= 0.6 is 22.6 Å². The lowest BCUT2D eigenvalue weighted by Gasteiger charge is -2.21. The molecular weight excluding hydrogens is 377 g/mol. The van der Waals surface area contributed by atoms with E-state index in [2.05, 4.69) is 34.7 Å². The van der Waals surface area contributed by atoms with Gasteiger partial charge >= 0.3 is 0 Å². The van der Waals surface area contributed by atoms with E-state index in [1.165, 1.54) is 17.7 Å². The molecule has 4 heteroatoms. The highest BCUT2D eigenvalue weighted by molar-refractivity contribution is 14.1. The van der Waals surface area contributed by atoms with Crippen LogP contribution in [0, 0.1) is 32.7 Å². The Morgan fingerprint density at radius 1 is 1.05 bits per heavy atom. The van der Waals surface area contributed by atoms with Crippen LogP contribution in [0.4, 0.5) is 5.69 Å². The Morgan fingerprint density at radius 3 is 2.19 bits per heavy atom. The molecule has 0 N–H and O–H groups in total. The average molecular weight is 391 g/mol. The van der Waals surface area contributed by atoms with E-state index in [4.69, 9.17) is 0 Å². The highest BCUT2D eigenvalue weighted by Crippen LogP contribution is 2.73. The molecule has 0 aromatic heterocycles. The van der Waals surface area contributed by atoms with Gasteiger partial charge in [0.15, 0.2) is 0 Å². The fourth-order valence-corrected chi connectivity index (χ4v) is 5.47. The van der Waals surface area contributed by atoms with Crippen LogP contribution < -0.4 is 4.90 Å². The number of benzene rings is 1. The molecule has 1 aromatic rings. The molecule has 4 aliphatic rings. The molecule has 0 radical (unpaired) electrons. The number of carbonyl (C=O) groups excluding carboxylic acids is 2. The van der Waals surface area contributed by atoms with Crippen LogP contribution in [0.2, 0.25) is 0 Å². The van der Waals surface area contributed by atoms with Crippen LogP contribution in [0.15, 0.2) is 36.4 Å². The number of anilines is 1. The summed E-state index contributed by atoms with van der Waals surface area (Å²) in [5, 5.41) is 0. The number of nitrogens with zero attached hydrogens (tertiary/aromatic N) is 1. The number of carbonyl (C=O) groups is 2. The van der Waals surface area contributed by atoms with Crippen LogP contribution in [0.3, 0.4) is 0 Å². The van der Waals surface area contributed by atoms with Gasteiger partial charge in [-0.15, -0.1) is 0 Å². The normalized spacial score (nSPS) is 37.7. The molecule has 5 rings (SSSR count). The van der Waals surface area contributed by atoms with Gasteiger partial charge in [0.1, 0.15) is 0 Å². The molecule has 3 aliphatic carbocycles. The number of halogens is 1. The summed E-state index contributed by atoms with van der Waals surface area (Å²) in [6.45, 7) is 0. The fourth-order valence-electron chi connectivity index (χ4n) is 4.95. The van der Waals surface area contributed by atoms with Crippen molar-refractivity contribution in [1.82, 2.24) is 0 Å². The molecule has 106 valence electrons. The fraction of sp³-hybridized carbons (Fsp3) is 0.412. The van der Waals surface area contributed by atoms with Crippen LogP contribution in [0.1, 0.15) is 12.8 Å². The third-order valence-electron chi connectivity index (χ3n) is 5.92. The van der Waals surface area contributed by atoms with Crippen LogP contribution in [0.25, 0.3) is 0 Å². The first kappa shape index (κ1) is 12.4. The highest BCUT2D eigenvalue weighted by atomic mass is 127. The van der Waals surface area contributed by atoms with Gasteiger partial charge in [-0.1, -0.05) is 18.2 Å². The van der Waals surface area contributed by atoms with Crippen molar-refractivity contribution in [1.29, 1.82) is 0 Å². The summed E-state index contributed by atoms with van der Waals surface area (Å²) >= 11 is 2.21. The van der Waals surface area contributed by atoms with E-state index in [-0.39, 0.29) is 29.1 Å². The third-order valence-corrected chi connectivity index (χ3v) is 6.59. The third kappa shape index (κ3) is 1.35. The molecular formula is C17H14INO2. The predicted octanol–water partition coefficient (Wildman–Crippen LogP) is 2.99. The van der Waals surface area contributed by atoms with Gasteiger partial charge in [0.05, 0.1) is 17.5 Å². The van der Waals surface area contributed by atoms with Gasteiger partial charge in [-0.2, -0.15) is 0 Å². The second-order valence-electron chi connectivity index (χ2n) is 6.71. The molecule has 2 amide bonds. The summed E-state index contributed by atoms with van der Waals surface area (Å²) in [5.74, 6) is 0.444. The maximum atomic E-state index is 12.9. The summed E-state index contributed by atoms with van der Waals surface area (Å²) < 4.78 is 1.04. The molecule has 1 heterocycles. The first-order valence-electron chi connectivity index (χ1n) is 7.45. The molecule has 4 atom stereocenters. The van der Waals surface area contributed by atoms with Gasteiger partial charge in [0, 0.05) is 3.57 Å². The first-order valence-corrected chi connectivity index (χ1v) is 8.53. The lowest BCUT2D eigenvalue weighted by atomic mass is 9.85. The topological polar surface area (TPSA) is 37.4 Å². The minimum atomic E-state index is -0.104. The Morgan fingerprint density at radius 2 is 1.67 bits per heavy atom. The number of hydrogen-bond acceptors (Lipinski definition) is 2. The molecule has 3 nitrogen and oxygen atoms in total. The quantitative estimate of drug-likeness (QED) is 0.420. The number of allylic oxidation sites excluding steroid dienone is 2. The largest absolute Gasteiger partial charge is 0.274 e. The van der Waals surface area contributed by atoms with Crippen molar-refractivity contribution in [3.63, 3.8) is 0 Å². The van der Waals surface area contributed by atoms with Crippen molar-refractivity contribution < 1.29 is 9.59 Å². The summed E-state index contributed by atoms with van der Waals surface area (Å²) in [5.41, 5.74) is 1.01. The molecule has 3 fully saturated rings. The zero-order valence-corrected chi connectivity index (χ0v) is 13.5. The number of fused-ring (bicyclic) bond motifs is 3. The standard InChI is InChI=1S/C17H14INO2/c18-9-2-1-3-10(8-9)19-15(20)13-11-4-5-12(14(13)16(19)21)17(11)6-7-17/h1-5,8,11-14H,6-7H2/t11-,12-,13+,14+/m1/s1. The highest BCUT2D eigenvalue weighted by Gasteiger charge is 2.73. The van der Waals surface area contributed by atoms with Crippen molar-refractivity contribution in [2.45, 2.75) is 12.8 Å².